The molecule has 9 heteroatoms. The van der Waals surface area contributed by atoms with Gasteiger partial charge in [-0.05, 0) is 24.6 Å². The molecule has 0 spiro atoms. The minimum absolute atomic E-state index is 0.0334. The highest BCUT2D eigenvalue weighted by molar-refractivity contribution is 6.34. The molecule has 126 valence electrons. The molecule has 5 nitrogen and oxygen atoms in total. The Morgan fingerprint density at radius 3 is 2.75 bits per heavy atom. The fourth-order valence-corrected chi connectivity index (χ4v) is 2.44. The third kappa shape index (κ3) is 3.76. The predicted molar refractivity (Wildman–Crippen MR) is 82.2 cm³/mol. The van der Waals surface area contributed by atoms with E-state index in [0.29, 0.717) is 22.8 Å². The molecule has 0 unspecified atom stereocenters. The second-order valence-corrected chi connectivity index (χ2v) is 5.59. The number of pyridine rings is 2. The molecule has 0 aliphatic rings. The van der Waals surface area contributed by atoms with Crippen LogP contribution in [0.3, 0.4) is 0 Å². The number of alkyl halides is 3. The van der Waals surface area contributed by atoms with Crippen molar-refractivity contribution in [3.8, 4) is 5.88 Å². The molecule has 3 heterocycles. The number of rotatable bonds is 4. The highest BCUT2D eigenvalue weighted by atomic mass is 35.5. The van der Waals surface area contributed by atoms with E-state index in [-0.39, 0.29) is 5.88 Å². The Bertz CT molecular complexity index is 879. The first-order valence-corrected chi connectivity index (χ1v) is 7.32. The summed E-state index contributed by atoms with van der Waals surface area (Å²) < 4.78 is 42.9. The largest absolute Gasteiger partial charge is 0.468 e. The van der Waals surface area contributed by atoms with Crippen LogP contribution in [-0.4, -0.2) is 32.5 Å². The van der Waals surface area contributed by atoms with Crippen LogP contribution in [-0.2, 0) is 6.54 Å². The number of nitrogens with zero attached hydrogens (tertiary/aromatic N) is 4. The molecule has 3 rings (SSSR count). The molecule has 0 aliphatic carbocycles. The maximum atomic E-state index is 12.2. The van der Waals surface area contributed by atoms with Gasteiger partial charge in [-0.3, -0.25) is 4.68 Å². The molecular formula is C15H12ClF3N4O. The van der Waals surface area contributed by atoms with E-state index in [0.717, 1.165) is 10.9 Å². The molecular weight excluding hydrogens is 345 g/mol. The second kappa shape index (κ2) is 6.27. The van der Waals surface area contributed by atoms with Crippen molar-refractivity contribution in [1.29, 1.82) is 0 Å². The Kier molecular flexibility index (Phi) is 4.31. The normalized spacial score (nSPS) is 11.9. The van der Waals surface area contributed by atoms with Crippen LogP contribution in [0.25, 0.3) is 10.9 Å². The monoisotopic (exact) mass is 356 g/mol. The number of hydrogen-bond donors (Lipinski definition) is 0. The SMILES string of the molecule is Cc1cc(Cn2cc3c(Cl)nccc3n2)cnc1OCC(F)(F)F. The first-order chi connectivity index (χ1) is 11.3. The minimum atomic E-state index is -4.39. The molecule has 0 N–H and O–H groups in total. The zero-order valence-electron chi connectivity index (χ0n) is 12.5. The van der Waals surface area contributed by atoms with E-state index >= 15 is 0 Å². The van der Waals surface area contributed by atoms with Crippen molar-refractivity contribution in [1.82, 2.24) is 19.7 Å². The zero-order valence-corrected chi connectivity index (χ0v) is 13.3. The Morgan fingerprint density at radius 2 is 2.08 bits per heavy atom. The average Bonchev–Trinajstić information content (AvgIpc) is 2.89. The molecule has 0 bridgehead atoms. The van der Waals surface area contributed by atoms with Crippen LogP contribution >= 0.6 is 11.6 Å². The number of ether oxygens (including phenoxy) is 1. The quantitative estimate of drug-likeness (QED) is 0.668. The lowest BCUT2D eigenvalue weighted by molar-refractivity contribution is -0.154. The van der Waals surface area contributed by atoms with Gasteiger partial charge in [0.25, 0.3) is 0 Å². The number of hydrogen-bond acceptors (Lipinski definition) is 4. The number of fused-ring (bicyclic) bond motifs is 1. The standard InChI is InChI=1S/C15H12ClF3N4O/c1-9-4-10(5-21-14(9)24-8-15(17,18)19)6-23-7-11-12(22-23)2-3-20-13(11)16/h2-5,7H,6,8H2,1H3. The zero-order chi connectivity index (χ0) is 17.3. The summed E-state index contributed by atoms with van der Waals surface area (Å²) in [6.45, 7) is 0.678. The van der Waals surface area contributed by atoms with E-state index in [1.807, 2.05) is 0 Å². The van der Waals surface area contributed by atoms with E-state index in [1.54, 1.807) is 36.1 Å². The Balaban J connectivity index is 1.77. The molecule has 0 aromatic carbocycles. The highest BCUT2D eigenvalue weighted by Crippen LogP contribution is 2.22. The maximum Gasteiger partial charge on any atom is 0.422 e. The van der Waals surface area contributed by atoms with Crippen molar-refractivity contribution in [2.24, 2.45) is 0 Å². The summed E-state index contributed by atoms with van der Waals surface area (Å²) >= 11 is 6.01. The van der Waals surface area contributed by atoms with Crippen LogP contribution in [0.4, 0.5) is 13.2 Å². The molecule has 0 amide bonds. The van der Waals surface area contributed by atoms with Crippen LogP contribution in [0.5, 0.6) is 5.88 Å². The highest BCUT2D eigenvalue weighted by Gasteiger charge is 2.28. The summed E-state index contributed by atoms with van der Waals surface area (Å²) in [5, 5.41) is 5.47. The summed E-state index contributed by atoms with van der Waals surface area (Å²) in [7, 11) is 0. The van der Waals surface area contributed by atoms with Crippen LogP contribution in [0.2, 0.25) is 5.15 Å². The fourth-order valence-electron chi connectivity index (χ4n) is 2.24. The van der Waals surface area contributed by atoms with Gasteiger partial charge in [0.1, 0.15) is 5.15 Å². The maximum absolute atomic E-state index is 12.2. The van der Waals surface area contributed by atoms with Crippen molar-refractivity contribution < 1.29 is 17.9 Å². The summed E-state index contributed by atoms with van der Waals surface area (Å²) in [6, 6.07) is 3.46. The summed E-state index contributed by atoms with van der Waals surface area (Å²) in [6.07, 6.45) is 0.398. The lowest BCUT2D eigenvalue weighted by atomic mass is 10.2. The molecule has 0 radical (unpaired) electrons. The predicted octanol–water partition coefficient (Wildman–Crippen LogP) is 3.78. The Labute approximate surface area is 140 Å². The van der Waals surface area contributed by atoms with Gasteiger partial charge in [-0.2, -0.15) is 18.3 Å². The van der Waals surface area contributed by atoms with Gasteiger partial charge in [0, 0.05) is 24.2 Å². The lowest BCUT2D eigenvalue weighted by Crippen LogP contribution is -2.20. The lowest BCUT2D eigenvalue weighted by Gasteiger charge is -2.11. The third-order valence-corrected chi connectivity index (χ3v) is 3.54. The van der Waals surface area contributed by atoms with Gasteiger partial charge in [0.05, 0.1) is 17.4 Å². The van der Waals surface area contributed by atoms with E-state index in [4.69, 9.17) is 11.6 Å². The van der Waals surface area contributed by atoms with Gasteiger partial charge in [-0.25, -0.2) is 9.97 Å². The van der Waals surface area contributed by atoms with Gasteiger partial charge < -0.3 is 4.74 Å². The second-order valence-electron chi connectivity index (χ2n) is 5.23. The molecule has 0 fully saturated rings. The van der Waals surface area contributed by atoms with Gasteiger partial charge >= 0.3 is 6.18 Å². The fraction of sp³-hybridized carbons (Fsp3) is 0.267. The van der Waals surface area contributed by atoms with Crippen LogP contribution in [0.15, 0.2) is 30.7 Å². The van der Waals surface area contributed by atoms with Crippen molar-refractivity contribution >= 4 is 22.5 Å². The molecule has 24 heavy (non-hydrogen) atoms. The summed E-state index contributed by atoms with van der Waals surface area (Å²) in [5.74, 6) is -0.0334. The molecule has 3 aromatic heterocycles. The average molecular weight is 357 g/mol. The topological polar surface area (TPSA) is 52.8 Å². The van der Waals surface area contributed by atoms with Crippen molar-refractivity contribution in [2.75, 3.05) is 6.61 Å². The number of aryl methyl sites for hydroxylation is 1. The Hall–Kier alpha value is -2.35. The third-order valence-electron chi connectivity index (χ3n) is 3.24. The molecule has 3 aromatic rings. The first kappa shape index (κ1) is 16.5. The molecule has 0 saturated carbocycles. The smallest absolute Gasteiger partial charge is 0.422 e. The van der Waals surface area contributed by atoms with Gasteiger partial charge in [0.2, 0.25) is 5.88 Å². The van der Waals surface area contributed by atoms with Crippen molar-refractivity contribution in [3.63, 3.8) is 0 Å². The number of halogens is 4. The van der Waals surface area contributed by atoms with Crippen molar-refractivity contribution in [2.45, 2.75) is 19.6 Å². The van der Waals surface area contributed by atoms with E-state index < -0.39 is 12.8 Å². The summed E-state index contributed by atoms with van der Waals surface area (Å²) in [5.41, 5.74) is 2.02. The molecule has 0 atom stereocenters. The first-order valence-electron chi connectivity index (χ1n) is 6.94. The van der Waals surface area contributed by atoms with Crippen molar-refractivity contribution in [3.05, 3.63) is 47.0 Å². The number of aromatic nitrogens is 4. The van der Waals surface area contributed by atoms with Gasteiger partial charge in [-0.15, -0.1) is 0 Å². The van der Waals surface area contributed by atoms with E-state index in [2.05, 4.69) is 19.8 Å². The van der Waals surface area contributed by atoms with E-state index in [9.17, 15) is 13.2 Å². The van der Waals surface area contributed by atoms with E-state index in [1.165, 1.54) is 6.20 Å². The van der Waals surface area contributed by atoms with Crippen LogP contribution in [0, 0.1) is 6.92 Å². The summed E-state index contributed by atoms with van der Waals surface area (Å²) in [4.78, 5) is 7.93. The van der Waals surface area contributed by atoms with Gasteiger partial charge in [-0.1, -0.05) is 11.6 Å². The van der Waals surface area contributed by atoms with Crippen LogP contribution in [0.1, 0.15) is 11.1 Å². The minimum Gasteiger partial charge on any atom is -0.468 e. The molecule has 0 saturated heterocycles. The van der Waals surface area contributed by atoms with Crippen LogP contribution < -0.4 is 4.74 Å². The Morgan fingerprint density at radius 1 is 1.29 bits per heavy atom. The molecule has 0 aliphatic heterocycles. The van der Waals surface area contributed by atoms with Gasteiger partial charge in [0.15, 0.2) is 6.61 Å².